The summed E-state index contributed by atoms with van der Waals surface area (Å²) in [6, 6.07) is 31.1. The van der Waals surface area contributed by atoms with E-state index in [0.29, 0.717) is 0 Å². The van der Waals surface area contributed by atoms with Gasteiger partial charge in [-0.2, -0.15) is 0 Å². The van der Waals surface area contributed by atoms with E-state index in [0.717, 1.165) is 22.8 Å². The molecule has 0 bridgehead atoms. The van der Waals surface area contributed by atoms with Crippen molar-refractivity contribution in [2.24, 2.45) is 0 Å². The van der Waals surface area contributed by atoms with Crippen LogP contribution in [-0.4, -0.2) is 12.1 Å². The molecular weight excluding hydrogens is 455 g/mol. The number of benzene rings is 3. The summed E-state index contributed by atoms with van der Waals surface area (Å²) in [5.41, 5.74) is 0. The second kappa shape index (κ2) is 11.2. The molecule has 0 unspecified atom stereocenters. The van der Waals surface area contributed by atoms with Crippen LogP contribution in [-0.2, 0) is 10.9 Å². The van der Waals surface area contributed by atoms with Crippen LogP contribution in [0.5, 0.6) is 5.75 Å². The summed E-state index contributed by atoms with van der Waals surface area (Å²) in [7, 11) is -6.25. The number of hydrogen-bond donors (Lipinski definition) is 0. The Morgan fingerprint density at radius 2 is 1.16 bits per heavy atom. The zero-order chi connectivity index (χ0) is 23.0. The van der Waals surface area contributed by atoms with Crippen LogP contribution >= 0.6 is 12.2 Å². The molecule has 0 saturated carbocycles. The molecule has 0 saturated heterocycles. The van der Waals surface area contributed by atoms with Crippen molar-refractivity contribution in [1.82, 2.24) is 0 Å². The van der Waals surface area contributed by atoms with Gasteiger partial charge in [0.2, 0.25) is 4.91 Å². The molecule has 0 fully saturated rings. The second-order valence-corrected chi connectivity index (χ2v) is 9.11. The number of rotatable bonds is 5. The number of halogens is 4. The standard InChI is InChI=1S/C24H19OS2.BF4/c26-20-16-17-24(23(18-20)25-19-10-4-1-5-11-19)27(21-12-6-2-7-13-21)22-14-8-3-9-15-22;2-1(3,4)5/h1-15,17-18H,16H2;/q+1;-1. The van der Waals surface area contributed by atoms with Crippen molar-refractivity contribution in [3.8, 4) is 5.75 Å². The highest BCUT2D eigenvalue weighted by Crippen LogP contribution is 2.37. The van der Waals surface area contributed by atoms with Gasteiger partial charge in [0.25, 0.3) is 0 Å². The number of thiocarbonyl (C=S) groups is 1. The second-order valence-electron chi connectivity index (χ2n) is 6.59. The van der Waals surface area contributed by atoms with E-state index in [9.17, 15) is 17.3 Å². The maximum Gasteiger partial charge on any atom is 0.673 e. The molecule has 0 radical (unpaired) electrons. The van der Waals surface area contributed by atoms with Gasteiger partial charge in [-0.05, 0) is 42.5 Å². The summed E-state index contributed by atoms with van der Waals surface area (Å²) < 4.78 is 45.3. The Kier molecular flexibility index (Phi) is 8.30. The van der Waals surface area contributed by atoms with Crippen LogP contribution < -0.4 is 4.74 Å². The van der Waals surface area contributed by atoms with Gasteiger partial charge >= 0.3 is 7.25 Å². The van der Waals surface area contributed by atoms with E-state index < -0.39 is 7.25 Å². The minimum Gasteiger partial charge on any atom is -0.452 e. The SMILES string of the molecule is F[B-](F)(F)F.S=C1C=C(Oc2ccccc2)C([S+](c2ccccc2)c2ccccc2)=CC1. The van der Waals surface area contributed by atoms with Gasteiger partial charge in [-0.25, -0.2) is 0 Å². The van der Waals surface area contributed by atoms with E-state index in [1.807, 2.05) is 36.4 Å². The third-order valence-electron chi connectivity index (χ3n) is 4.17. The summed E-state index contributed by atoms with van der Waals surface area (Å²) >= 11 is 5.47. The highest BCUT2D eigenvalue weighted by atomic mass is 32.2. The van der Waals surface area contributed by atoms with E-state index in [-0.39, 0.29) is 10.9 Å². The maximum absolute atomic E-state index is 9.75. The highest BCUT2D eigenvalue weighted by Gasteiger charge is 2.36. The molecule has 0 aliphatic heterocycles. The lowest BCUT2D eigenvalue weighted by Crippen LogP contribution is -2.16. The summed E-state index contributed by atoms with van der Waals surface area (Å²) in [6.07, 6.45) is 5.00. The van der Waals surface area contributed by atoms with E-state index >= 15 is 0 Å². The van der Waals surface area contributed by atoms with Crippen molar-refractivity contribution in [3.63, 3.8) is 0 Å². The fourth-order valence-electron chi connectivity index (χ4n) is 2.95. The molecule has 0 N–H and O–H groups in total. The van der Waals surface area contributed by atoms with Crippen LogP contribution in [0.1, 0.15) is 6.42 Å². The monoisotopic (exact) mass is 474 g/mol. The Morgan fingerprint density at radius 1 is 0.719 bits per heavy atom. The summed E-state index contributed by atoms with van der Waals surface area (Å²) in [5, 5.41) is 0. The zero-order valence-electron chi connectivity index (χ0n) is 16.8. The Hall–Kier alpha value is -2.84. The molecule has 3 aromatic rings. The average molecular weight is 474 g/mol. The first-order valence-corrected chi connectivity index (χ1v) is 11.3. The van der Waals surface area contributed by atoms with E-state index in [2.05, 4.69) is 66.7 Å². The number of allylic oxidation sites excluding steroid dienone is 2. The lowest BCUT2D eigenvalue weighted by molar-refractivity contribution is 0.368. The van der Waals surface area contributed by atoms with Crippen molar-refractivity contribution in [2.45, 2.75) is 16.2 Å². The summed E-state index contributed by atoms with van der Waals surface area (Å²) in [4.78, 5) is 4.62. The Bertz CT molecular complexity index is 1040. The van der Waals surface area contributed by atoms with Gasteiger partial charge in [0.15, 0.2) is 15.6 Å². The van der Waals surface area contributed by atoms with Crippen LogP contribution in [0, 0.1) is 0 Å². The lowest BCUT2D eigenvalue weighted by atomic mass is 10.1. The normalized spacial score (nSPS) is 13.6. The first kappa shape index (κ1) is 23.8. The number of hydrogen-bond acceptors (Lipinski definition) is 2. The predicted octanol–water partition coefficient (Wildman–Crippen LogP) is 7.64. The third-order valence-corrected chi connectivity index (χ3v) is 6.75. The maximum atomic E-state index is 9.75. The summed E-state index contributed by atoms with van der Waals surface area (Å²) in [5.74, 6) is 1.66. The number of ether oxygens (including phenoxy) is 1. The molecule has 8 heteroatoms. The minimum absolute atomic E-state index is 0.248. The molecule has 1 aliphatic carbocycles. The van der Waals surface area contributed by atoms with Gasteiger partial charge in [-0.15, -0.1) is 0 Å². The quantitative estimate of drug-likeness (QED) is 0.163. The number of para-hydroxylation sites is 1. The molecule has 1 nitrogen and oxygen atoms in total. The molecule has 0 heterocycles. The minimum atomic E-state index is -6.00. The van der Waals surface area contributed by atoms with Crippen molar-refractivity contribution < 1.29 is 22.0 Å². The van der Waals surface area contributed by atoms with Gasteiger partial charge in [0.1, 0.15) is 16.6 Å². The van der Waals surface area contributed by atoms with Crippen molar-refractivity contribution >= 4 is 35.2 Å². The van der Waals surface area contributed by atoms with Gasteiger partial charge in [0, 0.05) is 17.4 Å². The smallest absolute Gasteiger partial charge is 0.452 e. The Labute approximate surface area is 192 Å². The molecule has 0 atom stereocenters. The molecule has 0 amide bonds. The fraction of sp³-hybridized carbons (Fsp3) is 0.0417. The third kappa shape index (κ3) is 7.39. The van der Waals surface area contributed by atoms with Gasteiger partial charge in [0.05, 0.1) is 0 Å². The van der Waals surface area contributed by atoms with Gasteiger partial charge in [-0.3, -0.25) is 0 Å². The van der Waals surface area contributed by atoms with E-state index in [1.165, 1.54) is 14.7 Å². The van der Waals surface area contributed by atoms with Gasteiger partial charge < -0.3 is 22.0 Å². The zero-order valence-corrected chi connectivity index (χ0v) is 18.5. The van der Waals surface area contributed by atoms with Gasteiger partial charge in [-0.1, -0.05) is 66.8 Å². The van der Waals surface area contributed by atoms with Crippen LogP contribution in [0.2, 0.25) is 0 Å². The highest BCUT2D eigenvalue weighted by molar-refractivity contribution is 8.01. The van der Waals surface area contributed by atoms with E-state index in [4.69, 9.17) is 17.0 Å². The molecule has 32 heavy (non-hydrogen) atoms. The molecule has 3 aromatic carbocycles. The van der Waals surface area contributed by atoms with Crippen molar-refractivity contribution in [2.75, 3.05) is 0 Å². The van der Waals surface area contributed by atoms with Crippen LogP contribution in [0.25, 0.3) is 0 Å². The largest absolute Gasteiger partial charge is 0.673 e. The van der Waals surface area contributed by atoms with E-state index in [1.54, 1.807) is 0 Å². The lowest BCUT2D eigenvalue weighted by Gasteiger charge is -2.18. The van der Waals surface area contributed by atoms with Crippen LogP contribution in [0.15, 0.2) is 124 Å². The van der Waals surface area contributed by atoms with Crippen molar-refractivity contribution in [1.29, 1.82) is 0 Å². The fourth-order valence-corrected chi connectivity index (χ4v) is 5.33. The van der Waals surface area contributed by atoms with Crippen LogP contribution in [0.3, 0.4) is 0 Å². The molecule has 4 rings (SSSR count). The average Bonchev–Trinajstić information content (AvgIpc) is 2.77. The molecule has 0 spiro atoms. The molecule has 1 aliphatic rings. The topological polar surface area (TPSA) is 9.23 Å². The van der Waals surface area contributed by atoms with Crippen molar-refractivity contribution in [3.05, 3.63) is 114 Å². The Morgan fingerprint density at radius 3 is 1.62 bits per heavy atom. The molecular formula is C24H19BF4OS2. The Balaban J connectivity index is 0.000000523. The predicted molar refractivity (Wildman–Crippen MR) is 127 cm³/mol. The summed E-state index contributed by atoms with van der Waals surface area (Å²) in [6.45, 7) is 0. The molecule has 164 valence electrons. The first-order chi connectivity index (χ1) is 15.3. The van der Waals surface area contributed by atoms with Crippen LogP contribution in [0.4, 0.5) is 17.3 Å². The first-order valence-electron chi connectivity index (χ1n) is 9.71. The molecule has 0 aromatic heterocycles.